The Hall–Kier alpha value is -0.930. The quantitative estimate of drug-likeness (QED) is 0.712. The predicted molar refractivity (Wildman–Crippen MR) is 102 cm³/mol. The number of methoxy groups -OCH3 is 1. The van der Waals surface area contributed by atoms with Crippen molar-refractivity contribution in [2.75, 3.05) is 20.7 Å². The van der Waals surface area contributed by atoms with Crippen molar-refractivity contribution in [1.82, 2.24) is 4.90 Å². The Morgan fingerprint density at radius 2 is 2.04 bits per heavy atom. The van der Waals surface area contributed by atoms with E-state index in [1.807, 2.05) is 11.8 Å². The minimum atomic E-state index is 0.213. The van der Waals surface area contributed by atoms with Gasteiger partial charge in [0.15, 0.2) is 0 Å². The molecule has 130 valence electrons. The largest absolute Gasteiger partial charge is 0.496 e. The van der Waals surface area contributed by atoms with Crippen LogP contribution < -0.4 is 4.74 Å². The standard InChI is InChI=1S/C21H29NOS/c1-22-14-13-21(12-6-5-9-20(21)22)16-10-11-18(23-2)19(15-16)24-17-7-3-4-8-17/h6,10-12,15,17,20H,3-5,7-9,13-14H2,1-2H3/t20-,21-/m0/s1. The molecule has 2 aliphatic carbocycles. The smallest absolute Gasteiger partial charge is 0.132 e. The average Bonchev–Trinajstić information content (AvgIpc) is 3.24. The Balaban J connectivity index is 1.70. The number of fused-ring (bicyclic) bond motifs is 1. The molecule has 0 N–H and O–H groups in total. The highest BCUT2D eigenvalue weighted by molar-refractivity contribution is 8.00. The number of likely N-dealkylation sites (tertiary alicyclic amines) is 1. The Labute approximate surface area is 150 Å². The van der Waals surface area contributed by atoms with Gasteiger partial charge in [0.25, 0.3) is 0 Å². The van der Waals surface area contributed by atoms with E-state index in [-0.39, 0.29) is 5.41 Å². The fourth-order valence-corrected chi connectivity index (χ4v) is 6.36. The van der Waals surface area contributed by atoms with Crippen LogP contribution in [0.25, 0.3) is 0 Å². The molecule has 2 atom stereocenters. The van der Waals surface area contributed by atoms with Gasteiger partial charge in [0, 0.05) is 21.6 Å². The Morgan fingerprint density at radius 3 is 2.83 bits per heavy atom. The molecule has 1 heterocycles. The Bertz CT molecular complexity index is 622. The summed E-state index contributed by atoms with van der Waals surface area (Å²) in [6.07, 6.45) is 14.1. The fourth-order valence-electron chi connectivity index (χ4n) is 4.97. The molecular weight excluding hydrogens is 314 g/mol. The summed E-state index contributed by atoms with van der Waals surface area (Å²) >= 11 is 2.05. The molecule has 1 aromatic carbocycles. The van der Waals surface area contributed by atoms with Crippen LogP contribution in [0, 0.1) is 0 Å². The molecule has 0 aromatic heterocycles. The first kappa shape index (κ1) is 16.5. The number of hydrogen-bond acceptors (Lipinski definition) is 3. The van der Waals surface area contributed by atoms with Gasteiger partial charge in [-0.2, -0.15) is 0 Å². The van der Waals surface area contributed by atoms with E-state index in [0.717, 1.165) is 11.0 Å². The third-order valence-corrected chi connectivity index (χ3v) is 7.70. The zero-order valence-corrected chi connectivity index (χ0v) is 15.8. The number of rotatable bonds is 4. The van der Waals surface area contributed by atoms with Crippen molar-refractivity contribution in [2.24, 2.45) is 0 Å². The number of thioether (sulfide) groups is 1. The zero-order chi connectivity index (χ0) is 16.6. The first-order valence-electron chi connectivity index (χ1n) is 9.46. The van der Waals surface area contributed by atoms with E-state index >= 15 is 0 Å². The average molecular weight is 344 g/mol. The van der Waals surface area contributed by atoms with Crippen molar-refractivity contribution in [2.45, 2.75) is 66.5 Å². The highest BCUT2D eigenvalue weighted by Crippen LogP contribution is 2.48. The minimum absolute atomic E-state index is 0.213. The van der Waals surface area contributed by atoms with Crippen molar-refractivity contribution < 1.29 is 4.74 Å². The lowest BCUT2D eigenvalue weighted by atomic mass is 9.70. The van der Waals surface area contributed by atoms with Gasteiger partial charge in [-0.05, 0) is 63.4 Å². The first-order valence-corrected chi connectivity index (χ1v) is 10.3. The molecule has 4 rings (SSSR count). The van der Waals surface area contributed by atoms with Gasteiger partial charge in [0.1, 0.15) is 5.75 Å². The number of allylic oxidation sites excluding steroid dienone is 1. The van der Waals surface area contributed by atoms with E-state index in [1.165, 1.54) is 61.9 Å². The number of likely N-dealkylation sites (N-methyl/N-ethyl adjacent to an activating group) is 1. The van der Waals surface area contributed by atoms with Gasteiger partial charge < -0.3 is 9.64 Å². The molecule has 0 amide bonds. The maximum absolute atomic E-state index is 5.68. The van der Waals surface area contributed by atoms with E-state index in [2.05, 4.69) is 42.3 Å². The molecule has 24 heavy (non-hydrogen) atoms. The number of benzene rings is 1. The first-order chi connectivity index (χ1) is 11.7. The lowest BCUT2D eigenvalue weighted by molar-refractivity contribution is 0.249. The summed E-state index contributed by atoms with van der Waals surface area (Å²) in [5.74, 6) is 1.05. The van der Waals surface area contributed by atoms with Gasteiger partial charge in [-0.15, -0.1) is 11.8 Å². The SMILES string of the molecule is COc1ccc([C@@]23C=CCC[C@@H]2N(C)CC3)cc1SC1CCCC1. The molecule has 0 spiro atoms. The summed E-state index contributed by atoms with van der Waals surface area (Å²) in [5.41, 5.74) is 1.71. The second kappa shape index (κ2) is 6.76. The van der Waals surface area contributed by atoms with E-state index in [1.54, 1.807) is 7.11 Å². The van der Waals surface area contributed by atoms with Gasteiger partial charge in [0.05, 0.1) is 7.11 Å². The second-order valence-electron chi connectivity index (χ2n) is 7.66. The molecule has 0 bridgehead atoms. The summed E-state index contributed by atoms with van der Waals surface area (Å²) in [7, 11) is 4.10. The van der Waals surface area contributed by atoms with Crippen LogP contribution in [0.15, 0.2) is 35.2 Å². The van der Waals surface area contributed by atoms with Crippen LogP contribution in [0.4, 0.5) is 0 Å². The van der Waals surface area contributed by atoms with Gasteiger partial charge in [-0.3, -0.25) is 0 Å². The molecule has 2 fully saturated rings. The van der Waals surface area contributed by atoms with Crippen LogP contribution in [0.1, 0.15) is 50.5 Å². The molecular formula is C21H29NOS. The maximum atomic E-state index is 5.68. The van der Waals surface area contributed by atoms with Gasteiger partial charge in [0.2, 0.25) is 0 Å². The van der Waals surface area contributed by atoms with Crippen LogP contribution >= 0.6 is 11.8 Å². The lowest BCUT2D eigenvalue weighted by Gasteiger charge is -2.38. The third-order valence-electron chi connectivity index (χ3n) is 6.32. The molecule has 1 saturated carbocycles. The number of ether oxygens (including phenoxy) is 1. The molecule has 0 radical (unpaired) electrons. The molecule has 0 unspecified atom stereocenters. The van der Waals surface area contributed by atoms with Crippen LogP contribution in [-0.2, 0) is 5.41 Å². The Kier molecular flexibility index (Phi) is 4.66. The number of hydrogen-bond donors (Lipinski definition) is 0. The van der Waals surface area contributed by atoms with Crippen molar-refractivity contribution in [3.63, 3.8) is 0 Å². The lowest BCUT2D eigenvalue weighted by Crippen LogP contribution is -2.41. The highest BCUT2D eigenvalue weighted by atomic mass is 32.2. The van der Waals surface area contributed by atoms with Gasteiger partial charge in [-0.1, -0.05) is 31.1 Å². The highest BCUT2D eigenvalue weighted by Gasteiger charge is 2.46. The van der Waals surface area contributed by atoms with E-state index in [4.69, 9.17) is 4.74 Å². The third kappa shape index (κ3) is 2.80. The molecule has 3 aliphatic rings. The second-order valence-corrected chi connectivity index (χ2v) is 9.00. The van der Waals surface area contributed by atoms with Crippen molar-refractivity contribution in [3.05, 3.63) is 35.9 Å². The van der Waals surface area contributed by atoms with Crippen molar-refractivity contribution in [1.29, 1.82) is 0 Å². The van der Waals surface area contributed by atoms with Crippen LogP contribution in [-0.4, -0.2) is 36.9 Å². The van der Waals surface area contributed by atoms with E-state index in [9.17, 15) is 0 Å². The summed E-state index contributed by atoms with van der Waals surface area (Å²) in [6.45, 7) is 1.20. The van der Waals surface area contributed by atoms with Crippen molar-refractivity contribution in [3.8, 4) is 5.75 Å². The maximum Gasteiger partial charge on any atom is 0.132 e. The van der Waals surface area contributed by atoms with Crippen LogP contribution in [0.5, 0.6) is 5.75 Å². The number of nitrogens with zero attached hydrogens (tertiary/aromatic N) is 1. The predicted octanol–water partition coefficient (Wildman–Crippen LogP) is 5.02. The van der Waals surface area contributed by atoms with Crippen LogP contribution in [0.3, 0.4) is 0 Å². The van der Waals surface area contributed by atoms with Gasteiger partial charge in [-0.25, -0.2) is 0 Å². The van der Waals surface area contributed by atoms with Crippen LogP contribution in [0.2, 0.25) is 0 Å². The summed E-state index contributed by atoms with van der Waals surface area (Å²) in [4.78, 5) is 3.92. The summed E-state index contributed by atoms with van der Waals surface area (Å²) < 4.78 is 5.68. The van der Waals surface area contributed by atoms with E-state index < -0.39 is 0 Å². The molecule has 1 aliphatic heterocycles. The van der Waals surface area contributed by atoms with Gasteiger partial charge >= 0.3 is 0 Å². The monoisotopic (exact) mass is 343 g/mol. The minimum Gasteiger partial charge on any atom is -0.496 e. The zero-order valence-electron chi connectivity index (χ0n) is 15.0. The fraction of sp³-hybridized carbons (Fsp3) is 0.619. The molecule has 1 aromatic rings. The topological polar surface area (TPSA) is 12.5 Å². The molecule has 1 saturated heterocycles. The Morgan fingerprint density at radius 1 is 1.21 bits per heavy atom. The molecule has 3 heteroatoms. The summed E-state index contributed by atoms with van der Waals surface area (Å²) in [5, 5.41) is 0.774. The van der Waals surface area contributed by atoms with Crippen molar-refractivity contribution >= 4 is 11.8 Å². The summed E-state index contributed by atoms with van der Waals surface area (Å²) in [6, 6.07) is 7.63. The van der Waals surface area contributed by atoms with E-state index in [0.29, 0.717) is 6.04 Å². The normalized spacial score (nSPS) is 30.7. The molecule has 2 nitrogen and oxygen atoms in total.